The molecule has 1 nitrogen and oxygen atoms in total. The highest BCUT2D eigenvalue weighted by Gasteiger charge is 2.05. The van der Waals surface area contributed by atoms with Gasteiger partial charge in [-0.1, -0.05) is 19.6 Å². The largest absolute Gasteiger partial charge is 0.389 e. The molecule has 0 saturated carbocycles. The van der Waals surface area contributed by atoms with Crippen molar-refractivity contribution in [2.45, 2.75) is 19.6 Å². The van der Waals surface area contributed by atoms with Crippen LogP contribution in [-0.4, -0.2) is 16.2 Å². The van der Waals surface area contributed by atoms with E-state index in [-0.39, 0.29) is 0 Å². The molecule has 0 aliphatic carbocycles. The number of nitrogens with one attached hydrogen (secondary N) is 1. The smallest absolute Gasteiger partial charge is 0.169 e. The number of hydrogen-bond donors (Lipinski definition) is 1. The summed E-state index contributed by atoms with van der Waals surface area (Å²) in [4.78, 5) is 2.74. The Hall–Kier alpha value is 0.242. The second-order valence-corrected chi connectivity index (χ2v) is 7.18. The maximum atomic E-state index is 5.12. The van der Waals surface area contributed by atoms with Gasteiger partial charge in [0.25, 0.3) is 0 Å². The van der Waals surface area contributed by atoms with Crippen molar-refractivity contribution < 1.29 is 0 Å². The lowest BCUT2D eigenvalue weighted by Crippen LogP contribution is -2.38. The van der Waals surface area contributed by atoms with E-state index in [0.717, 1.165) is 0 Å². The second-order valence-electron chi connectivity index (χ2n) is 2.39. The van der Waals surface area contributed by atoms with Crippen LogP contribution in [-0.2, 0) is 0 Å². The van der Waals surface area contributed by atoms with Gasteiger partial charge in [0.05, 0.1) is 0 Å². The highest BCUT2D eigenvalue weighted by molar-refractivity contribution is 6.77. The molecule has 34 valence electrons. The third-order valence-electron chi connectivity index (χ3n) is 0.433. The summed E-state index contributed by atoms with van der Waals surface area (Å²) >= 11 is 0. The van der Waals surface area contributed by atoms with Gasteiger partial charge in [0, 0.05) is 0 Å². The monoisotopic (exact) mass is 99.1 g/mol. The van der Waals surface area contributed by atoms with Crippen molar-refractivity contribution in [3.05, 3.63) is 0 Å². The third-order valence-corrected chi connectivity index (χ3v) is 1.30. The summed E-state index contributed by atoms with van der Waals surface area (Å²) in [6, 6.07) is 0. The number of rotatable bonds is 1. The summed E-state index contributed by atoms with van der Waals surface area (Å²) < 4.78 is 0. The van der Waals surface area contributed by atoms with Gasteiger partial charge >= 0.3 is 0 Å². The topological polar surface area (TPSA) is 12.0 Å². The Bertz CT molecular complexity index is 40.5. The zero-order valence-electron chi connectivity index (χ0n) is 4.58. The molecule has 0 aliphatic rings. The van der Waals surface area contributed by atoms with Gasteiger partial charge in [-0.15, -0.1) is 0 Å². The molecular formula is C3H10BNSi. The van der Waals surface area contributed by atoms with E-state index in [0.29, 0.717) is 0 Å². The first kappa shape index (κ1) is 6.24. The fraction of sp³-hybridized carbons (Fsp3) is 1.00. The molecule has 0 saturated heterocycles. The molecule has 3 heteroatoms. The first-order chi connectivity index (χ1) is 2.56. The Morgan fingerprint density at radius 1 is 1.33 bits per heavy atom. The summed E-state index contributed by atoms with van der Waals surface area (Å²) in [5.41, 5.74) is 0. The van der Waals surface area contributed by atoms with Crippen LogP contribution in [0, 0.1) is 0 Å². The van der Waals surface area contributed by atoms with Gasteiger partial charge < -0.3 is 4.89 Å². The molecule has 0 aromatic heterocycles. The van der Waals surface area contributed by atoms with Crippen LogP contribution in [0.2, 0.25) is 19.6 Å². The van der Waals surface area contributed by atoms with E-state index in [2.05, 4.69) is 24.5 Å². The van der Waals surface area contributed by atoms with Gasteiger partial charge in [0.15, 0.2) is 7.98 Å². The Kier molecular flexibility index (Phi) is 1.87. The van der Waals surface area contributed by atoms with E-state index in [1.165, 1.54) is 0 Å². The molecule has 0 fully saturated rings. The van der Waals surface area contributed by atoms with Crippen molar-refractivity contribution in [2.75, 3.05) is 0 Å². The average Bonchev–Trinajstić information content (AvgIpc) is 1.35. The molecule has 2 radical (unpaired) electrons. The second kappa shape index (κ2) is 1.80. The zero-order chi connectivity index (χ0) is 5.21. The Morgan fingerprint density at radius 3 is 1.50 bits per heavy atom. The van der Waals surface area contributed by atoms with Crippen LogP contribution >= 0.6 is 0 Å². The fourth-order valence-electron chi connectivity index (χ4n) is 0. The highest BCUT2D eigenvalue weighted by Crippen LogP contribution is 1.88. The van der Waals surface area contributed by atoms with Crippen molar-refractivity contribution in [1.29, 1.82) is 0 Å². The van der Waals surface area contributed by atoms with Gasteiger partial charge in [-0.3, -0.25) is 0 Å². The van der Waals surface area contributed by atoms with Gasteiger partial charge in [0.2, 0.25) is 0 Å². The van der Waals surface area contributed by atoms with E-state index in [1.54, 1.807) is 0 Å². The Labute approximate surface area is 41.7 Å². The predicted molar refractivity (Wildman–Crippen MR) is 32.2 cm³/mol. The standard InChI is InChI=1S/C3H10BNSi/c1-6(2,3)5-4/h5H,1-3H3. The molecule has 0 heterocycles. The molecule has 0 aromatic carbocycles. The van der Waals surface area contributed by atoms with Gasteiger partial charge in [-0.25, -0.2) is 0 Å². The summed E-state index contributed by atoms with van der Waals surface area (Å²) in [5.74, 6) is 0. The lowest BCUT2D eigenvalue weighted by atomic mass is 10.5. The van der Waals surface area contributed by atoms with Crippen LogP contribution in [0.3, 0.4) is 0 Å². The van der Waals surface area contributed by atoms with Crippen molar-refractivity contribution in [2.24, 2.45) is 0 Å². The van der Waals surface area contributed by atoms with Gasteiger partial charge in [0.1, 0.15) is 8.24 Å². The molecule has 6 heavy (non-hydrogen) atoms. The van der Waals surface area contributed by atoms with E-state index in [4.69, 9.17) is 7.98 Å². The first-order valence-electron chi connectivity index (χ1n) is 2.04. The molecule has 0 unspecified atom stereocenters. The Balaban J connectivity index is 3.17. The summed E-state index contributed by atoms with van der Waals surface area (Å²) in [6.07, 6.45) is 0. The van der Waals surface area contributed by atoms with Crippen molar-refractivity contribution in [3.8, 4) is 0 Å². The van der Waals surface area contributed by atoms with E-state index in [9.17, 15) is 0 Å². The molecule has 0 aliphatic heterocycles. The van der Waals surface area contributed by atoms with Gasteiger partial charge in [-0.05, 0) is 0 Å². The van der Waals surface area contributed by atoms with Crippen LogP contribution < -0.4 is 4.89 Å². The SMILES string of the molecule is [B]N[Si](C)(C)C. The molecule has 0 amide bonds. The average molecular weight is 99.0 g/mol. The van der Waals surface area contributed by atoms with Gasteiger partial charge in [-0.2, -0.15) is 0 Å². The molecule has 0 rings (SSSR count). The quantitative estimate of drug-likeness (QED) is 0.472. The van der Waals surface area contributed by atoms with E-state index >= 15 is 0 Å². The van der Waals surface area contributed by atoms with Crippen LogP contribution in [0.4, 0.5) is 0 Å². The predicted octanol–water partition coefficient (Wildman–Crippen LogP) is 0.494. The minimum atomic E-state index is -1.10. The molecule has 0 spiro atoms. The molecule has 0 aromatic rings. The van der Waals surface area contributed by atoms with Crippen LogP contribution in [0.5, 0.6) is 0 Å². The summed E-state index contributed by atoms with van der Waals surface area (Å²) in [5, 5.41) is 0. The molecule has 0 bridgehead atoms. The zero-order valence-corrected chi connectivity index (χ0v) is 5.58. The van der Waals surface area contributed by atoms with Crippen molar-refractivity contribution >= 4 is 16.2 Å². The number of hydrogen-bond acceptors (Lipinski definition) is 1. The van der Waals surface area contributed by atoms with E-state index < -0.39 is 8.24 Å². The van der Waals surface area contributed by atoms with E-state index in [1.807, 2.05) is 0 Å². The summed E-state index contributed by atoms with van der Waals surface area (Å²) in [7, 11) is 4.01. The summed E-state index contributed by atoms with van der Waals surface area (Å²) in [6.45, 7) is 6.44. The maximum Gasteiger partial charge on any atom is 0.169 e. The van der Waals surface area contributed by atoms with Crippen LogP contribution in [0.25, 0.3) is 0 Å². The fourth-order valence-corrected chi connectivity index (χ4v) is 0. The first-order valence-corrected chi connectivity index (χ1v) is 5.54. The van der Waals surface area contributed by atoms with Crippen molar-refractivity contribution in [1.82, 2.24) is 4.89 Å². The lowest BCUT2D eigenvalue weighted by molar-refractivity contribution is 1.43. The molecular weight excluding hydrogens is 88.9 g/mol. The van der Waals surface area contributed by atoms with Crippen molar-refractivity contribution in [3.63, 3.8) is 0 Å². The Morgan fingerprint density at radius 2 is 1.50 bits per heavy atom. The minimum Gasteiger partial charge on any atom is -0.389 e. The van der Waals surface area contributed by atoms with Crippen LogP contribution in [0.15, 0.2) is 0 Å². The third kappa shape index (κ3) is 4.24. The normalized spacial score (nSPS) is 11.8. The van der Waals surface area contributed by atoms with Crippen LogP contribution in [0.1, 0.15) is 0 Å². The molecule has 0 atom stereocenters. The molecule has 1 N–H and O–H groups in total. The minimum absolute atomic E-state index is 1.10. The maximum absolute atomic E-state index is 5.12. The lowest BCUT2D eigenvalue weighted by Gasteiger charge is -2.12. The highest BCUT2D eigenvalue weighted by atomic mass is 28.3.